The quantitative estimate of drug-likeness (QED) is 0.831. The summed E-state index contributed by atoms with van der Waals surface area (Å²) in [4.78, 5) is 0. The predicted molar refractivity (Wildman–Crippen MR) is 65.2 cm³/mol. The fraction of sp³-hybridized carbons (Fsp3) is 0.571. The van der Waals surface area contributed by atoms with Crippen LogP contribution in [0.1, 0.15) is 49.9 Å². The lowest BCUT2D eigenvalue weighted by molar-refractivity contribution is 0.422. The summed E-state index contributed by atoms with van der Waals surface area (Å²) < 4.78 is 28.2. The number of rotatable bonds is 2. The number of nitrogens with one attached hydrogen (secondary N) is 1. The molecule has 0 radical (unpaired) electrons. The van der Waals surface area contributed by atoms with Gasteiger partial charge < -0.3 is 5.32 Å². The minimum atomic E-state index is -0.305. The van der Waals surface area contributed by atoms with Crippen LogP contribution in [0.5, 0.6) is 0 Å². The first kappa shape index (κ1) is 12.5. The van der Waals surface area contributed by atoms with E-state index in [-0.39, 0.29) is 23.1 Å². The van der Waals surface area contributed by atoms with Gasteiger partial charge in [-0.25, -0.2) is 8.78 Å². The van der Waals surface area contributed by atoms with Gasteiger partial charge in [0, 0.05) is 17.2 Å². The van der Waals surface area contributed by atoms with E-state index in [0.717, 1.165) is 13.0 Å². The van der Waals surface area contributed by atoms with Crippen molar-refractivity contribution in [2.24, 2.45) is 0 Å². The second kappa shape index (κ2) is 4.05. The Labute approximate surface area is 101 Å². The second-order valence-corrected chi connectivity index (χ2v) is 5.48. The lowest BCUT2D eigenvalue weighted by Gasteiger charge is -2.20. The molecule has 0 amide bonds. The second-order valence-electron chi connectivity index (χ2n) is 5.48. The average Bonchev–Trinajstić information content (AvgIpc) is 2.47. The van der Waals surface area contributed by atoms with Gasteiger partial charge in [0.15, 0.2) is 0 Å². The lowest BCUT2D eigenvalue weighted by Crippen LogP contribution is -2.21. The van der Waals surface area contributed by atoms with E-state index in [1.165, 1.54) is 6.07 Å². The van der Waals surface area contributed by atoms with Crippen LogP contribution in [0.4, 0.5) is 8.78 Å². The van der Waals surface area contributed by atoms with Gasteiger partial charge in [0.2, 0.25) is 0 Å². The molecule has 1 N–H and O–H groups in total. The monoisotopic (exact) mass is 239 g/mol. The molecular weight excluding hydrogens is 220 g/mol. The summed E-state index contributed by atoms with van der Waals surface area (Å²) in [5, 5.41) is 3.24. The molecule has 0 saturated heterocycles. The third kappa shape index (κ3) is 1.86. The first-order valence-corrected chi connectivity index (χ1v) is 6.11. The van der Waals surface area contributed by atoms with Gasteiger partial charge in [-0.05, 0) is 36.9 Å². The van der Waals surface area contributed by atoms with Crippen molar-refractivity contribution in [2.45, 2.75) is 45.6 Å². The molecule has 1 nitrogen and oxygen atoms in total. The highest BCUT2D eigenvalue weighted by atomic mass is 19.1. The molecule has 0 aliphatic heterocycles. The lowest BCUT2D eigenvalue weighted by atomic mass is 9.85. The molecule has 0 bridgehead atoms. The van der Waals surface area contributed by atoms with E-state index in [2.05, 4.69) is 5.32 Å². The standard InChI is InChI=1S/C14H19F2N/c1-5-17-10-7-14(3,4)12-9(15)6-8(2)13(16)11(10)12/h6,10,17H,5,7H2,1-4H3. The normalized spacial score (nSPS) is 21.6. The Morgan fingerprint density at radius 2 is 2.06 bits per heavy atom. The number of hydrogen-bond acceptors (Lipinski definition) is 1. The molecule has 0 saturated carbocycles. The van der Waals surface area contributed by atoms with E-state index in [9.17, 15) is 8.78 Å². The molecule has 0 heterocycles. The fourth-order valence-corrected chi connectivity index (χ4v) is 2.93. The van der Waals surface area contributed by atoms with Crippen LogP contribution < -0.4 is 5.32 Å². The van der Waals surface area contributed by atoms with Crippen molar-refractivity contribution in [2.75, 3.05) is 6.54 Å². The van der Waals surface area contributed by atoms with Crippen molar-refractivity contribution in [1.82, 2.24) is 5.32 Å². The summed E-state index contributed by atoms with van der Waals surface area (Å²) >= 11 is 0. The third-order valence-corrected chi connectivity index (χ3v) is 3.62. The number of hydrogen-bond donors (Lipinski definition) is 1. The molecule has 1 aliphatic rings. The number of fused-ring (bicyclic) bond motifs is 1. The Morgan fingerprint density at radius 1 is 1.41 bits per heavy atom. The maximum absolute atomic E-state index is 14.2. The van der Waals surface area contributed by atoms with Gasteiger partial charge in [0.25, 0.3) is 0 Å². The van der Waals surface area contributed by atoms with Crippen LogP contribution in [-0.4, -0.2) is 6.54 Å². The van der Waals surface area contributed by atoms with Crippen LogP contribution in [-0.2, 0) is 5.41 Å². The van der Waals surface area contributed by atoms with E-state index in [4.69, 9.17) is 0 Å². The summed E-state index contributed by atoms with van der Waals surface area (Å²) in [5.41, 5.74) is 1.17. The molecule has 17 heavy (non-hydrogen) atoms. The van der Waals surface area contributed by atoms with Gasteiger partial charge in [-0.3, -0.25) is 0 Å². The van der Waals surface area contributed by atoms with Crippen LogP contribution in [0, 0.1) is 18.6 Å². The molecular formula is C14H19F2N. The molecule has 2 rings (SSSR count). The molecule has 1 aromatic carbocycles. The van der Waals surface area contributed by atoms with Gasteiger partial charge in [-0.1, -0.05) is 20.8 Å². The number of halogens is 2. The van der Waals surface area contributed by atoms with Crippen molar-refractivity contribution in [3.05, 3.63) is 34.4 Å². The Hall–Kier alpha value is -0.960. The molecule has 94 valence electrons. The molecule has 3 heteroatoms. The number of benzene rings is 1. The summed E-state index contributed by atoms with van der Waals surface area (Å²) in [6.07, 6.45) is 0.744. The highest BCUT2D eigenvalue weighted by Gasteiger charge is 2.41. The van der Waals surface area contributed by atoms with Gasteiger partial charge in [0.05, 0.1) is 0 Å². The van der Waals surface area contributed by atoms with Crippen LogP contribution in [0.15, 0.2) is 6.07 Å². The van der Waals surface area contributed by atoms with Crippen LogP contribution in [0.25, 0.3) is 0 Å². The molecule has 1 aliphatic carbocycles. The highest BCUT2D eigenvalue weighted by Crippen LogP contribution is 2.47. The van der Waals surface area contributed by atoms with Crippen molar-refractivity contribution >= 4 is 0 Å². The van der Waals surface area contributed by atoms with Gasteiger partial charge >= 0.3 is 0 Å². The minimum absolute atomic E-state index is 0.0700. The Bertz CT molecular complexity index is 452. The van der Waals surface area contributed by atoms with Gasteiger partial charge in [-0.2, -0.15) is 0 Å². The molecule has 0 fully saturated rings. The molecule has 1 atom stereocenters. The number of aryl methyl sites for hydroxylation is 1. The van der Waals surface area contributed by atoms with E-state index >= 15 is 0 Å². The SMILES string of the molecule is CCNC1CC(C)(C)c2c(F)cc(C)c(F)c21. The summed E-state index contributed by atoms with van der Waals surface area (Å²) in [7, 11) is 0. The Balaban J connectivity index is 2.65. The van der Waals surface area contributed by atoms with Gasteiger partial charge in [0.1, 0.15) is 11.6 Å². The average molecular weight is 239 g/mol. The van der Waals surface area contributed by atoms with Crippen LogP contribution in [0.2, 0.25) is 0 Å². The Kier molecular flexibility index (Phi) is 2.98. The molecule has 1 aromatic rings. The molecule has 0 spiro atoms. The fourth-order valence-electron chi connectivity index (χ4n) is 2.93. The van der Waals surface area contributed by atoms with Crippen molar-refractivity contribution < 1.29 is 8.78 Å². The van der Waals surface area contributed by atoms with Crippen molar-refractivity contribution in [3.63, 3.8) is 0 Å². The zero-order valence-electron chi connectivity index (χ0n) is 10.8. The summed E-state index contributed by atoms with van der Waals surface area (Å²) in [5.74, 6) is -0.526. The molecule has 1 unspecified atom stereocenters. The minimum Gasteiger partial charge on any atom is -0.310 e. The maximum Gasteiger partial charge on any atom is 0.131 e. The zero-order chi connectivity index (χ0) is 12.8. The first-order chi connectivity index (χ1) is 7.88. The molecule has 0 aromatic heterocycles. The zero-order valence-corrected chi connectivity index (χ0v) is 10.8. The van der Waals surface area contributed by atoms with Crippen molar-refractivity contribution in [3.8, 4) is 0 Å². The van der Waals surface area contributed by atoms with E-state index < -0.39 is 0 Å². The highest BCUT2D eigenvalue weighted by molar-refractivity contribution is 5.45. The Morgan fingerprint density at radius 3 is 2.65 bits per heavy atom. The topological polar surface area (TPSA) is 12.0 Å². The predicted octanol–water partition coefficient (Wildman–Crippen LogP) is 3.61. The van der Waals surface area contributed by atoms with E-state index in [0.29, 0.717) is 16.7 Å². The first-order valence-electron chi connectivity index (χ1n) is 6.11. The van der Waals surface area contributed by atoms with Gasteiger partial charge in [-0.15, -0.1) is 0 Å². The summed E-state index contributed by atoms with van der Waals surface area (Å²) in [6, 6.07) is 1.24. The smallest absolute Gasteiger partial charge is 0.131 e. The largest absolute Gasteiger partial charge is 0.310 e. The van der Waals surface area contributed by atoms with E-state index in [1.807, 2.05) is 20.8 Å². The maximum atomic E-state index is 14.2. The van der Waals surface area contributed by atoms with E-state index in [1.54, 1.807) is 6.92 Å². The van der Waals surface area contributed by atoms with Crippen molar-refractivity contribution in [1.29, 1.82) is 0 Å². The van der Waals surface area contributed by atoms with Crippen LogP contribution >= 0.6 is 0 Å². The summed E-state index contributed by atoms with van der Waals surface area (Å²) in [6.45, 7) is 8.30. The third-order valence-electron chi connectivity index (χ3n) is 3.62. The van der Waals surface area contributed by atoms with Crippen LogP contribution in [0.3, 0.4) is 0 Å².